The highest BCUT2D eigenvalue weighted by Crippen LogP contribution is 2.32. The van der Waals surface area contributed by atoms with Crippen LogP contribution in [-0.2, 0) is 0 Å². The number of likely N-dealkylation sites (tertiary alicyclic amines) is 2. The van der Waals surface area contributed by atoms with Gasteiger partial charge in [-0.3, -0.25) is 4.90 Å². The summed E-state index contributed by atoms with van der Waals surface area (Å²) in [7, 11) is 4.50. The fourth-order valence-corrected chi connectivity index (χ4v) is 2.47. The van der Waals surface area contributed by atoms with E-state index in [0.29, 0.717) is 0 Å². The van der Waals surface area contributed by atoms with Crippen molar-refractivity contribution in [2.24, 2.45) is 0 Å². The van der Waals surface area contributed by atoms with Crippen LogP contribution in [0.1, 0.15) is 13.3 Å². The third-order valence-electron chi connectivity index (χ3n) is 3.35. The first-order chi connectivity index (χ1) is 4.70. The normalized spacial score (nSPS) is 48.9. The smallest absolute Gasteiger partial charge is 0.0261 e. The van der Waals surface area contributed by atoms with Gasteiger partial charge in [0.2, 0.25) is 0 Å². The maximum absolute atomic E-state index is 2.52. The van der Waals surface area contributed by atoms with Gasteiger partial charge < -0.3 is 4.90 Å². The number of fused-ring (bicyclic) bond motifs is 2. The van der Waals surface area contributed by atoms with Crippen LogP contribution in [0, 0.1) is 0 Å². The summed E-state index contributed by atoms with van der Waals surface area (Å²) in [6.07, 6.45) is 1.40. The Bertz CT molecular complexity index is 144. The molecule has 10 heavy (non-hydrogen) atoms. The highest BCUT2D eigenvalue weighted by Gasteiger charge is 2.44. The van der Waals surface area contributed by atoms with E-state index >= 15 is 0 Å². The summed E-state index contributed by atoms with van der Waals surface area (Å²) < 4.78 is 0. The molecule has 0 spiro atoms. The number of nitrogens with zero attached hydrogens (tertiary/aromatic N) is 2. The predicted molar refractivity (Wildman–Crippen MR) is 42.0 cm³/mol. The van der Waals surface area contributed by atoms with Crippen molar-refractivity contribution >= 4 is 0 Å². The molecule has 0 amide bonds. The zero-order valence-corrected chi connectivity index (χ0v) is 7.04. The van der Waals surface area contributed by atoms with Crippen molar-refractivity contribution in [2.75, 3.05) is 20.6 Å². The molecule has 2 aliphatic rings. The van der Waals surface area contributed by atoms with Gasteiger partial charge in [0.25, 0.3) is 0 Å². The van der Waals surface area contributed by atoms with E-state index in [1.165, 1.54) is 13.0 Å². The Kier molecular flexibility index (Phi) is 1.29. The largest absolute Gasteiger partial charge is 0.300 e. The monoisotopic (exact) mass is 140 g/mol. The van der Waals surface area contributed by atoms with Gasteiger partial charge >= 0.3 is 0 Å². The summed E-state index contributed by atoms with van der Waals surface area (Å²) in [6, 6.07) is 2.48. The van der Waals surface area contributed by atoms with Crippen LogP contribution >= 0.6 is 0 Å². The van der Waals surface area contributed by atoms with Gasteiger partial charge in [-0.1, -0.05) is 0 Å². The van der Waals surface area contributed by atoms with Gasteiger partial charge in [-0.2, -0.15) is 0 Å². The second-order valence-corrected chi connectivity index (χ2v) is 3.80. The molecule has 0 aliphatic carbocycles. The number of piperazine rings is 1. The highest BCUT2D eigenvalue weighted by molar-refractivity contribution is 5.01. The van der Waals surface area contributed by atoms with E-state index in [4.69, 9.17) is 0 Å². The molecule has 3 unspecified atom stereocenters. The van der Waals surface area contributed by atoms with E-state index in [2.05, 4.69) is 30.8 Å². The van der Waals surface area contributed by atoms with Gasteiger partial charge in [0.15, 0.2) is 0 Å². The standard InChI is InChI=1S/C8H16N2/c1-6-8-4-7(10(6)3)5-9(8)2/h6-8H,4-5H2,1-3H3. The molecule has 2 saturated heterocycles. The minimum atomic E-state index is 0.781. The summed E-state index contributed by atoms with van der Waals surface area (Å²) in [4.78, 5) is 5.01. The molecule has 2 aliphatic heterocycles. The van der Waals surface area contributed by atoms with Crippen molar-refractivity contribution < 1.29 is 0 Å². The van der Waals surface area contributed by atoms with E-state index in [1.54, 1.807) is 0 Å². The summed E-state index contributed by atoms with van der Waals surface area (Å²) in [6.45, 7) is 3.62. The molecule has 0 aromatic rings. The predicted octanol–water partition coefficient (Wildman–Crippen LogP) is 0.393. The minimum Gasteiger partial charge on any atom is -0.300 e. The van der Waals surface area contributed by atoms with Crippen LogP contribution in [-0.4, -0.2) is 48.6 Å². The average Bonchev–Trinajstić information content (AvgIpc) is 2.36. The Balaban J connectivity index is 2.16. The lowest BCUT2D eigenvalue weighted by molar-refractivity contribution is 0.121. The number of rotatable bonds is 0. The maximum Gasteiger partial charge on any atom is 0.0261 e. The molecule has 0 saturated carbocycles. The van der Waals surface area contributed by atoms with E-state index in [-0.39, 0.29) is 0 Å². The third-order valence-corrected chi connectivity index (χ3v) is 3.35. The van der Waals surface area contributed by atoms with Crippen molar-refractivity contribution in [3.63, 3.8) is 0 Å². The molecule has 58 valence electrons. The van der Waals surface area contributed by atoms with Crippen molar-refractivity contribution in [1.29, 1.82) is 0 Å². The Morgan fingerprint density at radius 3 is 2.40 bits per heavy atom. The molecule has 2 heterocycles. The first-order valence-corrected chi connectivity index (χ1v) is 4.12. The first kappa shape index (κ1) is 6.62. The van der Waals surface area contributed by atoms with Crippen LogP contribution in [0.3, 0.4) is 0 Å². The summed E-state index contributed by atoms with van der Waals surface area (Å²) in [5.74, 6) is 0. The topological polar surface area (TPSA) is 6.48 Å². The second kappa shape index (κ2) is 1.95. The Morgan fingerprint density at radius 1 is 1.30 bits per heavy atom. The molecular formula is C8H16N2. The maximum atomic E-state index is 2.52. The number of hydrogen-bond acceptors (Lipinski definition) is 2. The number of likely N-dealkylation sites (N-methyl/N-ethyl adjacent to an activating group) is 2. The number of hydrogen-bond donors (Lipinski definition) is 0. The molecular weight excluding hydrogens is 124 g/mol. The Labute approximate surface area is 62.8 Å². The Hall–Kier alpha value is -0.0800. The average molecular weight is 140 g/mol. The molecule has 2 heteroatoms. The summed E-state index contributed by atoms with van der Waals surface area (Å²) in [5, 5.41) is 0. The molecule has 2 bridgehead atoms. The van der Waals surface area contributed by atoms with Gasteiger partial charge in [0, 0.05) is 24.7 Å². The van der Waals surface area contributed by atoms with Crippen molar-refractivity contribution in [1.82, 2.24) is 9.80 Å². The SMILES string of the molecule is CC1C2CC(CN2C)N1C. The van der Waals surface area contributed by atoms with Gasteiger partial charge in [-0.05, 0) is 27.4 Å². The zero-order valence-electron chi connectivity index (χ0n) is 7.04. The van der Waals surface area contributed by atoms with Crippen LogP contribution in [0.2, 0.25) is 0 Å². The van der Waals surface area contributed by atoms with Gasteiger partial charge in [-0.15, -0.1) is 0 Å². The lowest BCUT2D eigenvalue weighted by atomic mass is 10.1. The zero-order chi connectivity index (χ0) is 7.30. The second-order valence-electron chi connectivity index (χ2n) is 3.80. The fourth-order valence-electron chi connectivity index (χ4n) is 2.47. The van der Waals surface area contributed by atoms with Gasteiger partial charge in [-0.25, -0.2) is 0 Å². The van der Waals surface area contributed by atoms with Crippen molar-refractivity contribution in [3.05, 3.63) is 0 Å². The molecule has 0 aromatic carbocycles. The van der Waals surface area contributed by atoms with Crippen molar-refractivity contribution in [3.8, 4) is 0 Å². The summed E-state index contributed by atoms with van der Waals surface area (Å²) >= 11 is 0. The van der Waals surface area contributed by atoms with Crippen LogP contribution in [0.15, 0.2) is 0 Å². The van der Waals surface area contributed by atoms with E-state index in [9.17, 15) is 0 Å². The molecule has 0 aromatic heterocycles. The highest BCUT2D eigenvalue weighted by atomic mass is 15.3. The Morgan fingerprint density at radius 2 is 2.00 bits per heavy atom. The lowest BCUT2D eigenvalue weighted by Gasteiger charge is -2.34. The molecule has 0 radical (unpaired) electrons. The third kappa shape index (κ3) is 0.663. The molecule has 2 nitrogen and oxygen atoms in total. The quantitative estimate of drug-likeness (QED) is 0.480. The molecule has 3 atom stereocenters. The van der Waals surface area contributed by atoms with Crippen LogP contribution in [0.5, 0.6) is 0 Å². The van der Waals surface area contributed by atoms with Crippen LogP contribution in [0.25, 0.3) is 0 Å². The molecule has 2 rings (SSSR count). The van der Waals surface area contributed by atoms with Gasteiger partial charge in [0.05, 0.1) is 0 Å². The fraction of sp³-hybridized carbons (Fsp3) is 1.00. The molecule has 0 N–H and O–H groups in total. The van der Waals surface area contributed by atoms with Crippen molar-refractivity contribution in [2.45, 2.75) is 31.5 Å². The lowest BCUT2D eigenvalue weighted by Crippen LogP contribution is -2.48. The first-order valence-electron chi connectivity index (χ1n) is 4.12. The molecule has 2 fully saturated rings. The minimum absolute atomic E-state index is 0.781. The van der Waals surface area contributed by atoms with Gasteiger partial charge in [0.1, 0.15) is 0 Å². The van der Waals surface area contributed by atoms with Crippen LogP contribution < -0.4 is 0 Å². The summed E-state index contributed by atoms with van der Waals surface area (Å²) in [5.41, 5.74) is 0. The van der Waals surface area contributed by atoms with E-state index in [1.807, 2.05) is 0 Å². The van der Waals surface area contributed by atoms with E-state index in [0.717, 1.165) is 18.1 Å². The van der Waals surface area contributed by atoms with Crippen LogP contribution in [0.4, 0.5) is 0 Å². The van der Waals surface area contributed by atoms with E-state index < -0.39 is 0 Å².